The minimum absolute atomic E-state index is 0.115. The SMILES string of the molecule is CC(C)N(CCNC1C(=O)Nc2ccc(F)cc21)C(C)C. The summed E-state index contributed by atoms with van der Waals surface area (Å²) in [5.41, 5.74) is 1.39. The summed E-state index contributed by atoms with van der Waals surface area (Å²) < 4.78 is 13.3. The first-order valence-electron chi connectivity index (χ1n) is 7.49. The van der Waals surface area contributed by atoms with Crippen molar-refractivity contribution in [1.29, 1.82) is 0 Å². The fraction of sp³-hybridized carbons (Fsp3) is 0.562. The van der Waals surface area contributed by atoms with Crippen LogP contribution in [0, 0.1) is 5.82 Å². The number of rotatable bonds is 6. The number of benzene rings is 1. The summed E-state index contributed by atoms with van der Waals surface area (Å²) in [5.74, 6) is -0.431. The van der Waals surface area contributed by atoms with Gasteiger partial charge in [-0.3, -0.25) is 9.69 Å². The minimum atomic E-state index is -0.461. The second kappa shape index (κ2) is 6.54. The Labute approximate surface area is 125 Å². The van der Waals surface area contributed by atoms with Gasteiger partial charge in [0.25, 0.3) is 0 Å². The average molecular weight is 293 g/mol. The molecule has 1 aromatic rings. The van der Waals surface area contributed by atoms with Crippen molar-refractivity contribution < 1.29 is 9.18 Å². The van der Waals surface area contributed by atoms with Crippen molar-refractivity contribution in [2.75, 3.05) is 18.4 Å². The summed E-state index contributed by atoms with van der Waals surface area (Å²) in [7, 11) is 0. The van der Waals surface area contributed by atoms with E-state index in [4.69, 9.17) is 0 Å². The molecule has 0 fully saturated rings. The number of fused-ring (bicyclic) bond motifs is 1. The molecule has 0 saturated heterocycles. The van der Waals surface area contributed by atoms with Gasteiger partial charge in [0, 0.05) is 36.4 Å². The van der Waals surface area contributed by atoms with Gasteiger partial charge in [0.2, 0.25) is 5.91 Å². The Morgan fingerprint density at radius 2 is 1.95 bits per heavy atom. The predicted molar refractivity (Wildman–Crippen MR) is 82.8 cm³/mol. The van der Waals surface area contributed by atoms with Crippen LogP contribution in [0.4, 0.5) is 10.1 Å². The number of amides is 1. The standard InChI is InChI=1S/C16H24FN3O/c1-10(2)20(11(3)4)8-7-18-15-13-9-12(17)5-6-14(13)19-16(15)21/h5-6,9-11,15,18H,7-8H2,1-4H3,(H,19,21). The van der Waals surface area contributed by atoms with E-state index in [1.807, 2.05) is 0 Å². The quantitative estimate of drug-likeness (QED) is 0.847. The molecule has 21 heavy (non-hydrogen) atoms. The number of halogens is 1. The lowest BCUT2D eigenvalue weighted by Crippen LogP contribution is -2.42. The third-order valence-corrected chi connectivity index (χ3v) is 3.89. The number of carbonyl (C=O) groups excluding carboxylic acids is 1. The summed E-state index contributed by atoms with van der Waals surface area (Å²) in [6, 6.07) is 4.84. The molecular formula is C16H24FN3O. The topological polar surface area (TPSA) is 44.4 Å². The molecule has 1 atom stereocenters. The normalized spacial score (nSPS) is 17.7. The van der Waals surface area contributed by atoms with E-state index < -0.39 is 6.04 Å². The van der Waals surface area contributed by atoms with Crippen LogP contribution in [0.15, 0.2) is 18.2 Å². The number of nitrogens with one attached hydrogen (secondary N) is 2. The van der Waals surface area contributed by atoms with Crippen LogP contribution < -0.4 is 10.6 Å². The minimum Gasteiger partial charge on any atom is -0.324 e. The zero-order valence-corrected chi connectivity index (χ0v) is 13.1. The van der Waals surface area contributed by atoms with Gasteiger partial charge in [0.05, 0.1) is 0 Å². The first kappa shape index (κ1) is 15.9. The molecular weight excluding hydrogens is 269 g/mol. The molecule has 0 bridgehead atoms. The van der Waals surface area contributed by atoms with Crippen molar-refractivity contribution in [3.8, 4) is 0 Å². The van der Waals surface area contributed by atoms with Crippen molar-refractivity contribution >= 4 is 11.6 Å². The van der Waals surface area contributed by atoms with E-state index in [9.17, 15) is 9.18 Å². The van der Waals surface area contributed by atoms with Crippen molar-refractivity contribution in [1.82, 2.24) is 10.2 Å². The zero-order valence-electron chi connectivity index (χ0n) is 13.1. The van der Waals surface area contributed by atoms with Crippen LogP contribution >= 0.6 is 0 Å². The van der Waals surface area contributed by atoms with Crippen LogP contribution in [-0.4, -0.2) is 36.0 Å². The Balaban J connectivity index is 1.98. The van der Waals surface area contributed by atoms with Crippen LogP contribution in [0.1, 0.15) is 39.3 Å². The molecule has 0 aromatic heterocycles. The highest BCUT2D eigenvalue weighted by Gasteiger charge is 2.30. The third-order valence-electron chi connectivity index (χ3n) is 3.89. The highest BCUT2D eigenvalue weighted by atomic mass is 19.1. The molecule has 2 N–H and O–H groups in total. The van der Waals surface area contributed by atoms with Gasteiger partial charge in [0.1, 0.15) is 11.9 Å². The van der Waals surface area contributed by atoms with Gasteiger partial charge in [-0.25, -0.2) is 4.39 Å². The molecule has 0 saturated carbocycles. The van der Waals surface area contributed by atoms with Gasteiger partial charge in [-0.1, -0.05) is 0 Å². The molecule has 0 radical (unpaired) electrons. The van der Waals surface area contributed by atoms with E-state index in [0.29, 0.717) is 29.9 Å². The number of nitrogens with zero attached hydrogens (tertiary/aromatic N) is 1. The second-order valence-corrected chi connectivity index (χ2v) is 6.03. The molecule has 1 aliphatic heterocycles. The molecule has 0 aliphatic carbocycles. The number of carbonyl (C=O) groups is 1. The van der Waals surface area contributed by atoms with Crippen LogP contribution in [0.2, 0.25) is 0 Å². The van der Waals surface area contributed by atoms with Gasteiger partial charge < -0.3 is 10.6 Å². The third kappa shape index (κ3) is 3.60. The first-order valence-corrected chi connectivity index (χ1v) is 7.49. The van der Waals surface area contributed by atoms with E-state index >= 15 is 0 Å². The van der Waals surface area contributed by atoms with Gasteiger partial charge >= 0.3 is 0 Å². The Morgan fingerprint density at radius 1 is 1.29 bits per heavy atom. The lowest BCUT2D eigenvalue weighted by atomic mass is 10.1. The average Bonchev–Trinajstić information content (AvgIpc) is 2.69. The highest BCUT2D eigenvalue weighted by molar-refractivity contribution is 6.02. The molecule has 0 spiro atoms. The van der Waals surface area contributed by atoms with E-state index in [1.165, 1.54) is 12.1 Å². The van der Waals surface area contributed by atoms with E-state index in [2.05, 4.69) is 43.2 Å². The lowest BCUT2D eigenvalue weighted by molar-refractivity contribution is -0.117. The summed E-state index contributed by atoms with van der Waals surface area (Å²) in [4.78, 5) is 14.3. The number of hydrogen-bond acceptors (Lipinski definition) is 3. The summed E-state index contributed by atoms with van der Waals surface area (Å²) in [5, 5.41) is 6.01. The Hall–Kier alpha value is -1.46. The maximum atomic E-state index is 13.3. The summed E-state index contributed by atoms with van der Waals surface area (Å²) >= 11 is 0. The molecule has 4 nitrogen and oxygen atoms in total. The molecule has 116 valence electrons. The van der Waals surface area contributed by atoms with Crippen LogP contribution in [-0.2, 0) is 4.79 Å². The summed E-state index contributed by atoms with van der Waals surface area (Å²) in [6.45, 7) is 10.2. The molecule has 2 rings (SSSR count). The lowest BCUT2D eigenvalue weighted by Gasteiger charge is -2.30. The van der Waals surface area contributed by atoms with E-state index in [0.717, 1.165) is 6.54 Å². The molecule has 1 heterocycles. The van der Waals surface area contributed by atoms with Gasteiger partial charge in [-0.05, 0) is 45.9 Å². The van der Waals surface area contributed by atoms with Gasteiger partial charge in [-0.2, -0.15) is 0 Å². The molecule has 1 aliphatic rings. The number of anilines is 1. The zero-order chi connectivity index (χ0) is 15.6. The van der Waals surface area contributed by atoms with Gasteiger partial charge in [0.15, 0.2) is 0 Å². The Kier molecular flexibility index (Phi) is 4.96. The van der Waals surface area contributed by atoms with Crippen molar-refractivity contribution in [2.24, 2.45) is 0 Å². The van der Waals surface area contributed by atoms with Crippen LogP contribution in [0.5, 0.6) is 0 Å². The fourth-order valence-corrected chi connectivity index (χ4v) is 2.89. The van der Waals surface area contributed by atoms with E-state index in [1.54, 1.807) is 6.07 Å². The maximum absolute atomic E-state index is 13.3. The van der Waals surface area contributed by atoms with Crippen molar-refractivity contribution in [3.63, 3.8) is 0 Å². The predicted octanol–water partition coefficient (Wildman–Crippen LogP) is 2.53. The van der Waals surface area contributed by atoms with E-state index in [-0.39, 0.29) is 11.7 Å². The van der Waals surface area contributed by atoms with Gasteiger partial charge in [-0.15, -0.1) is 0 Å². The second-order valence-electron chi connectivity index (χ2n) is 6.03. The monoisotopic (exact) mass is 293 g/mol. The Bertz CT molecular complexity index is 508. The van der Waals surface area contributed by atoms with Crippen molar-refractivity contribution in [3.05, 3.63) is 29.6 Å². The van der Waals surface area contributed by atoms with Crippen molar-refractivity contribution in [2.45, 2.75) is 45.8 Å². The fourth-order valence-electron chi connectivity index (χ4n) is 2.89. The van der Waals surface area contributed by atoms with Crippen LogP contribution in [0.25, 0.3) is 0 Å². The smallest absolute Gasteiger partial charge is 0.246 e. The highest BCUT2D eigenvalue weighted by Crippen LogP contribution is 2.31. The van der Waals surface area contributed by atoms with Crippen LogP contribution in [0.3, 0.4) is 0 Å². The molecule has 5 heteroatoms. The molecule has 1 aromatic carbocycles. The molecule has 1 unspecified atom stereocenters. The number of hydrogen-bond donors (Lipinski definition) is 2. The molecule has 1 amide bonds. The Morgan fingerprint density at radius 3 is 2.57 bits per heavy atom. The largest absolute Gasteiger partial charge is 0.324 e. The summed E-state index contributed by atoms with van der Waals surface area (Å²) in [6.07, 6.45) is 0. The first-order chi connectivity index (χ1) is 9.90. The maximum Gasteiger partial charge on any atom is 0.246 e.